The van der Waals surface area contributed by atoms with Crippen LogP contribution >= 0.6 is 0 Å². The molecule has 1 fully saturated rings. The zero-order valence-electron chi connectivity index (χ0n) is 15.2. The van der Waals surface area contributed by atoms with Gasteiger partial charge in [0.2, 0.25) is 0 Å². The number of imide groups is 1. The SMILES string of the molecule is COc1ccc([C@]2(C)NC(=O)N(NC(=O)c3cc4ccccc4o3)C2=O)cc1. The Kier molecular flexibility index (Phi) is 4.03. The van der Waals surface area contributed by atoms with Gasteiger partial charge in [-0.2, -0.15) is 5.01 Å². The normalized spacial score (nSPS) is 19.0. The summed E-state index contributed by atoms with van der Waals surface area (Å²) in [5.74, 6) is -0.676. The number of furan rings is 1. The van der Waals surface area contributed by atoms with Gasteiger partial charge in [0.1, 0.15) is 16.9 Å². The number of benzene rings is 2. The van der Waals surface area contributed by atoms with Crippen molar-refractivity contribution in [2.45, 2.75) is 12.5 Å². The number of rotatable bonds is 4. The Balaban J connectivity index is 1.57. The van der Waals surface area contributed by atoms with Gasteiger partial charge in [-0.1, -0.05) is 30.3 Å². The van der Waals surface area contributed by atoms with Gasteiger partial charge in [0.05, 0.1) is 7.11 Å². The molecule has 0 radical (unpaired) electrons. The van der Waals surface area contributed by atoms with Crippen LogP contribution < -0.4 is 15.5 Å². The molecule has 28 heavy (non-hydrogen) atoms. The third-order valence-electron chi connectivity index (χ3n) is 4.72. The first-order valence-corrected chi connectivity index (χ1v) is 8.53. The van der Waals surface area contributed by atoms with Crippen molar-refractivity contribution in [2.75, 3.05) is 7.11 Å². The molecular weight excluding hydrogens is 362 g/mol. The van der Waals surface area contributed by atoms with Crippen molar-refractivity contribution in [1.29, 1.82) is 0 Å². The third kappa shape index (κ3) is 2.75. The van der Waals surface area contributed by atoms with Crippen LogP contribution in [-0.2, 0) is 10.3 Å². The molecule has 0 unspecified atom stereocenters. The maximum atomic E-state index is 12.9. The van der Waals surface area contributed by atoms with E-state index in [1.807, 2.05) is 6.07 Å². The highest BCUT2D eigenvalue weighted by Gasteiger charge is 2.50. The lowest BCUT2D eigenvalue weighted by molar-refractivity contribution is -0.132. The predicted octanol–water partition coefficient (Wildman–Crippen LogP) is 2.55. The molecule has 4 amide bonds. The van der Waals surface area contributed by atoms with E-state index < -0.39 is 23.4 Å². The minimum Gasteiger partial charge on any atom is -0.497 e. The second kappa shape index (κ2) is 6.41. The van der Waals surface area contributed by atoms with Crippen LogP contribution in [0.15, 0.2) is 59.0 Å². The highest BCUT2D eigenvalue weighted by Crippen LogP contribution is 2.29. The number of urea groups is 1. The van der Waals surface area contributed by atoms with Crippen molar-refractivity contribution in [2.24, 2.45) is 0 Å². The van der Waals surface area contributed by atoms with Gasteiger partial charge in [0.25, 0.3) is 5.91 Å². The van der Waals surface area contributed by atoms with Crippen LogP contribution in [-0.4, -0.2) is 30.0 Å². The number of para-hydroxylation sites is 1. The van der Waals surface area contributed by atoms with Crippen molar-refractivity contribution >= 4 is 28.8 Å². The Bertz CT molecular complexity index is 1060. The second-order valence-electron chi connectivity index (χ2n) is 6.51. The van der Waals surface area contributed by atoms with Crippen LogP contribution in [0.25, 0.3) is 11.0 Å². The fourth-order valence-corrected chi connectivity index (χ4v) is 3.11. The van der Waals surface area contributed by atoms with Gasteiger partial charge in [0, 0.05) is 5.39 Å². The molecule has 8 nitrogen and oxygen atoms in total. The van der Waals surface area contributed by atoms with E-state index in [0.29, 0.717) is 21.9 Å². The topological polar surface area (TPSA) is 101 Å². The van der Waals surface area contributed by atoms with E-state index in [1.165, 1.54) is 7.11 Å². The first-order chi connectivity index (χ1) is 13.4. The molecule has 8 heteroatoms. The maximum Gasteiger partial charge on any atom is 0.344 e. The van der Waals surface area contributed by atoms with Gasteiger partial charge in [-0.3, -0.25) is 9.59 Å². The minimum absolute atomic E-state index is 0.000138. The van der Waals surface area contributed by atoms with E-state index in [9.17, 15) is 14.4 Å². The lowest BCUT2D eigenvalue weighted by Gasteiger charge is -2.22. The number of carbonyl (C=O) groups is 3. The zero-order valence-corrected chi connectivity index (χ0v) is 15.2. The summed E-state index contributed by atoms with van der Waals surface area (Å²) in [6.07, 6.45) is 0. The van der Waals surface area contributed by atoms with E-state index in [0.717, 1.165) is 5.39 Å². The molecule has 0 aliphatic carbocycles. The Morgan fingerprint density at radius 1 is 1.14 bits per heavy atom. The summed E-state index contributed by atoms with van der Waals surface area (Å²) in [7, 11) is 1.54. The number of ether oxygens (including phenoxy) is 1. The van der Waals surface area contributed by atoms with Crippen molar-refractivity contribution < 1.29 is 23.5 Å². The summed E-state index contributed by atoms with van der Waals surface area (Å²) in [6, 6.07) is 14.7. The number of nitrogens with zero attached hydrogens (tertiary/aromatic N) is 1. The number of hydrogen-bond acceptors (Lipinski definition) is 5. The third-order valence-corrected chi connectivity index (χ3v) is 4.72. The summed E-state index contributed by atoms with van der Waals surface area (Å²) in [5.41, 5.74) is 2.10. The molecule has 0 saturated carbocycles. The monoisotopic (exact) mass is 379 g/mol. The molecule has 0 bridgehead atoms. The predicted molar refractivity (Wildman–Crippen MR) is 99.4 cm³/mol. The Morgan fingerprint density at radius 2 is 1.86 bits per heavy atom. The number of nitrogens with one attached hydrogen (secondary N) is 2. The average molecular weight is 379 g/mol. The first kappa shape index (κ1) is 17.6. The highest BCUT2D eigenvalue weighted by atomic mass is 16.5. The van der Waals surface area contributed by atoms with Crippen LogP contribution in [0.4, 0.5) is 4.79 Å². The van der Waals surface area contributed by atoms with Crippen LogP contribution in [0.3, 0.4) is 0 Å². The number of hydrogen-bond donors (Lipinski definition) is 2. The average Bonchev–Trinajstić information content (AvgIpc) is 3.23. The number of carbonyl (C=O) groups excluding carboxylic acids is 3. The van der Waals surface area contributed by atoms with Crippen molar-refractivity contribution in [3.63, 3.8) is 0 Å². The van der Waals surface area contributed by atoms with Gasteiger partial charge < -0.3 is 14.5 Å². The minimum atomic E-state index is -1.31. The summed E-state index contributed by atoms with van der Waals surface area (Å²) in [4.78, 5) is 37.8. The summed E-state index contributed by atoms with van der Waals surface area (Å²) < 4.78 is 10.6. The molecule has 142 valence electrons. The molecule has 2 N–H and O–H groups in total. The molecule has 2 aromatic carbocycles. The summed E-state index contributed by atoms with van der Waals surface area (Å²) in [5, 5.41) is 4.03. The summed E-state index contributed by atoms with van der Waals surface area (Å²) >= 11 is 0. The first-order valence-electron chi connectivity index (χ1n) is 8.53. The molecule has 1 saturated heterocycles. The van der Waals surface area contributed by atoms with Crippen LogP contribution in [0.1, 0.15) is 23.0 Å². The fraction of sp³-hybridized carbons (Fsp3) is 0.150. The van der Waals surface area contributed by atoms with Crippen LogP contribution in [0.2, 0.25) is 0 Å². The number of fused-ring (bicyclic) bond motifs is 1. The summed E-state index contributed by atoms with van der Waals surface area (Å²) in [6.45, 7) is 1.57. The van der Waals surface area contributed by atoms with Gasteiger partial charge in [-0.25, -0.2) is 10.2 Å². The quantitative estimate of drug-likeness (QED) is 0.679. The number of amides is 4. The van der Waals surface area contributed by atoms with Crippen LogP contribution in [0.5, 0.6) is 5.75 Å². The standard InChI is InChI=1S/C20H17N3O5/c1-20(13-7-9-14(27-2)10-8-13)18(25)23(19(26)21-20)22-17(24)16-11-12-5-3-4-6-15(12)28-16/h3-11H,1-2H3,(H,21,26)(H,22,24)/t20-/m0/s1. The molecule has 1 aliphatic heterocycles. The van der Waals surface area contributed by atoms with Gasteiger partial charge in [-0.15, -0.1) is 0 Å². The highest BCUT2D eigenvalue weighted by molar-refractivity contribution is 6.09. The lowest BCUT2D eigenvalue weighted by atomic mass is 9.92. The Hall–Kier alpha value is -3.81. The Morgan fingerprint density at radius 3 is 2.54 bits per heavy atom. The number of hydrazine groups is 1. The molecule has 3 aromatic rings. The Labute approximate surface area is 160 Å². The molecule has 2 heterocycles. The second-order valence-corrected chi connectivity index (χ2v) is 6.51. The smallest absolute Gasteiger partial charge is 0.344 e. The zero-order chi connectivity index (χ0) is 19.9. The van der Waals surface area contributed by atoms with Crippen molar-refractivity contribution in [3.05, 3.63) is 65.9 Å². The molecular formula is C20H17N3O5. The van der Waals surface area contributed by atoms with Crippen LogP contribution in [0, 0.1) is 0 Å². The van der Waals surface area contributed by atoms with Gasteiger partial charge in [0.15, 0.2) is 5.76 Å². The molecule has 1 atom stereocenters. The van der Waals surface area contributed by atoms with E-state index in [1.54, 1.807) is 55.5 Å². The maximum absolute atomic E-state index is 12.9. The van der Waals surface area contributed by atoms with E-state index in [-0.39, 0.29) is 5.76 Å². The van der Waals surface area contributed by atoms with E-state index >= 15 is 0 Å². The largest absolute Gasteiger partial charge is 0.497 e. The van der Waals surface area contributed by atoms with Crippen molar-refractivity contribution in [3.8, 4) is 5.75 Å². The molecule has 1 aromatic heterocycles. The fourth-order valence-electron chi connectivity index (χ4n) is 3.11. The number of methoxy groups -OCH3 is 1. The van der Waals surface area contributed by atoms with Crippen molar-refractivity contribution in [1.82, 2.24) is 15.8 Å². The van der Waals surface area contributed by atoms with Gasteiger partial charge >= 0.3 is 11.9 Å². The molecule has 0 spiro atoms. The lowest BCUT2D eigenvalue weighted by Crippen LogP contribution is -2.47. The molecule has 1 aliphatic rings. The van der Waals surface area contributed by atoms with E-state index in [2.05, 4.69) is 10.7 Å². The van der Waals surface area contributed by atoms with E-state index in [4.69, 9.17) is 9.15 Å². The molecule has 4 rings (SSSR count). The van der Waals surface area contributed by atoms with Gasteiger partial charge in [-0.05, 0) is 36.8 Å².